The summed E-state index contributed by atoms with van der Waals surface area (Å²) in [6.07, 6.45) is 1.75. The second-order valence-electron chi connectivity index (χ2n) is 2.52. The minimum Gasteiger partial charge on any atom is -0.371 e. The van der Waals surface area contributed by atoms with Crippen LogP contribution in [0.25, 0.3) is 0 Å². The third-order valence-corrected chi connectivity index (χ3v) is 1.55. The summed E-state index contributed by atoms with van der Waals surface area (Å²) in [6, 6.07) is 0.729. The van der Waals surface area contributed by atoms with Gasteiger partial charge in [0.05, 0.1) is 18.4 Å². The number of nitrogens with zero attached hydrogens (tertiary/aromatic N) is 1. The van der Waals surface area contributed by atoms with Gasteiger partial charge in [-0.2, -0.15) is 0 Å². The summed E-state index contributed by atoms with van der Waals surface area (Å²) in [6.45, 7) is 7.94. The first kappa shape index (κ1) is 6.33. The molecule has 0 radical (unpaired) electrons. The van der Waals surface area contributed by atoms with Crippen molar-refractivity contribution in [2.45, 2.75) is 25.9 Å². The first-order valence-electron chi connectivity index (χ1n) is 3.15. The molecule has 1 aliphatic heterocycles. The predicted molar refractivity (Wildman–Crippen MR) is 39.7 cm³/mol. The fourth-order valence-electron chi connectivity index (χ4n) is 1.02. The zero-order valence-electron chi connectivity index (χ0n) is 5.89. The molecule has 0 fully saturated rings. The molecule has 0 bridgehead atoms. The topological polar surface area (TPSA) is 24.4 Å². The molecule has 0 saturated heterocycles. The summed E-state index contributed by atoms with van der Waals surface area (Å²) in [5, 5.41) is 3.10. The fraction of sp³-hybridized carbons (Fsp3) is 0.571. The second kappa shape index (κ2) is 2.21. The Balaban J connectivity index is 2.59. The predicted octanol–water partition coefficient (Wildman–Crippen LogP) is 0.951. The van der Waals surface area contributed by atoms with Crippen LogP contribution < -0.4 is 5.32 Å². The van der Waals surface area contributed by atoms with Crippen LogP contribution in [0.3, 0.4) is 0 Å². The summed E-state index contributed by atoms with van der Waals surface area (Å²) in [5.41, 5.74) is 1.13. The van der Waals surface area contributed by atoms with Crippen LogP contribution in [-0.4, -0.2) is 18.4 Å². The van der Waals surface area contributed by atoms with Crippen molar-refractivity contribution in [3.8, 4) is 0 Å². The van der Waals surface area contributed by atoms with E-state index in [0.717, 1.165) is 5.57 Å². The first-order valence-corrected chi connectivity index (χ1v) is 3.15. The summed E-state index contributed by atoms with van der Waals surface area (Å²) in [4.78, 5) is 4.18. The third-order valence-electron chi connectivity index (χ3n) is 1.55. The van der Waals surface area contributed by atoms with Crippen LogP contribution in [0.5, 0.6) is 0 Å². The van der Waals surface area contributed by atoms with Gasteiger partial charge in [0.15, 0.2) is 0 Å². The van der Waals surface area contributed by atoms with E-state index in [9.17, 15) is 0 Å². The Kier molecular flexibility index (Phi) is 1.56. The molecule has 9 heavy (non-hydrogen) atoms. The van der Waals surface area contributed by atoms with Gasteiger partial charge >= 0.3 is 0 Å². The minimum absolute atomic E-state index is 0.296. The lowest BCUT2D eigenvalue weighted by Crippen LogP contribution is -2.28. The lowest BCUT2D eigenvalue weighted by Gasteiger charge is -2.11. The summed E-state index contributed by atoms with van der Waals surface area (Å²) < 4.78 is 0. The van der Waals surface area contributed by atoms with E-state index >= 15 is 0 Å². The lowest BCUT2D eigenvalue weighted by molar-refractivity contribution is 0.622. The molecule has 2 heteroatoms. The highest BCUT2D eigenvalue weighted by Gasteiger charge is 2.18. The van der Waals surface area contributed by atoms with Crippen molar-refractivity contribution in [3.05, 3.63) is 12.2 Å². The SMILES string of the molecule is C=C(C)C1N=CNC1C. The number of nitrogens with one attached hydrogen (secondary N) is 1. The largest absolute Gasteiger partial charge is 0.371 e. The average Bonchev–Trinajstić information content (AvgIpc) is 2.13. The van der Waals surface area contributed by atoms with Gasteiger partial charge < -0.3 is 5.32 Å². The van der Waals surface area contributed by atoms with E-state index in [1.165, 1.54) is 0 Å². The maximum absolute atomic E-state index is 4.18. The molecule has 1 heterocycles. The van der Waals surface area contributed by atoms with Crippen molar-refractivity contribution in [2.75, 3.05) is 0 Å². The highest BCUT2D eigenvalue weighted by Crippen LogP contribution is 2.10. The maximum atomic E-state index is 4.18. The van der Waals surface area contributed by atoms with Crippen molar-refractivity contribution in [1.82, 2.24) is 5.32 Å². The lowest BCUT2D eigenvalue weighted by atomic mass is 10.1. The van der Waals surface area contributed by atoms with Crippen molar-refractivity contribution in [3.63, 3.8) is 0 Å². The molecule has 50 valence electrons. The standard InChI is InChI=1S/C7H12N2/c1-5(2)7-6(3)8-4-9-7/h4,6-7H,1H2,2-3H3,(H,8,9). The van der Waals surface area contributed by atoms with Crippen LogP contribution in [0, 0.1) is 0 Å². The first-order chi connectivity index (χ1) is 4.22. The quantitative estimate of drug-likeness (QED) is 0.517. The average molecular weight is 124 g/mol. The van der Waals surface area contributed by atoms with E-state index in [0.29, 0.717) is 12.1 Å². The molecule has 0 saturated carbocycles. The molecule has 2 nitrogen and oxygen atoms in total. The van der Waals surface area contributed by atoms with Crippen molar-refractivity contribution < 1.29 is 0 Å². The number of hydrogen-bond acceptors (Lipinski definition) is 2. The van der Waals surface area contributed by atoms with E-state index < -0.39 is 0 Å². The molecule has 0 amide bonds. The number of aliphatic imine (C=N–C) groups is 1. The molecular formula is C7H12N2. The van der Waals surface area contributed by atoms with Gasteiger partial charge in [0, 0.05) is 0 Å². The van der Waals surface area contributed by atoms with Crippen LogP contribution in [0.4, 0.5) is 0 Å². The Bertz CT molecular complexity index is 149. The van der Waals surface area contributed by atoms with E-state index in [-0.39, 0.29) is 0 Å². The van der Waals surface area contributed by atoms with Gasteiger partial charge in [-0.25, -0.2) is 0 Å². The molecule has 0 aromatic rings. The molecular weight excluding hydrogens is 112 g/mol. The maximum Gasteiger partial charge on any atom is 0.0919 e. The smallest absolute Gasteiger partial charge is 0.0919 e. The van der Waals surface area contributed by atoms with Gasteiger partial charge in [-0.1, -0.05) is 12.2 Å². The molecule has 0 spiro atoms. The Hall–Kier alpha value is -0.790. The second-order valence-corrected chi connectivity index (χ2v) is 2.52. The monoisotopic (exact) mass is 124 g/mol. The highest BCUT2D eigenvalue weighted by molar-refractivity contribution is 5.59. The molecule has 0 aromatic carbocycles. The Morgan fingerprint density at radius 1 is 1.78 bits per heavy atom. The molecule has 1 N–H and O–H groups in total. The van der Waals surface area contributed by atoms with Crippen molar-refractivity contribution >= 4 is 6.34 Å². The third kappa shape index (κ3) is 1.12. The van der Waals surface area contributed by atoms with Crippen LogP contribution in [0.1, 0.15) is 13.8 Å². The molecule has 1 aliphatic rings. The molecule has 1 rings (SSSR count). The van der Waals surface area contributed by atoms with Crippen LogP contribution in [0.2, 0.25) is 0 Å². The van der Waals surface area contributed by atoms with Gasteiger partial charge in [0.2, 0.25) is 0 Å². The highest BCUT2D eigenvalue weighted by atomic mass is 15.1. The summed E-state index contributed by atoms with van der Waals surface area (Å²) in [7, 11) is 0. The van der Waals surface area contributed by atoms with Gasteiger partial charge in [0.25, 0.3) is 0 Å². The molecule has 0 aromatic heterocycles. The summed E-state index contributed by atoms with van der Waals surface area (Å²) >= 11 is 0. The number of rotatable bonds is 1. The Labute approximate surface area is 55.7 Å². The van der Waals surface area contributed by atoms with Gasteiger partial charge in [0.1, 0.15) is 0 Å². The van der Waals surface area contributed by atoms with E-state index in [2.05, 4.69) is 23.8 Å². The fourth-order valence-corrected chi connectivity index (χ4v) is 1.02. The van der Waals surface area contributed by atoms with E-state index in [4.69, 9.17) is 0 Å². The number of hydrogen-bond donors (Lipinski definition) is 1. The van der Waals surface area contributed by atoms with Crippen molar-refractivity contribution in [1.29, 1.82) is 0 Å². The van der Waals surface area contributed by atoms with Gasteiger partial charge in [-0.3, -0.25) is 4.99 Å². The van der Waals surface area contributed by atoms with Crippen molar-refractivity contribution in [2.24, 2.45) is 4.99 Å². The van der Waals surface area contributed by atoms with Gasteiger partial charge in [-0.15, -0.1) is 0 Å². The molecule has 2 unspecified atom stereocenters. The Morgan fingerprint density at radius 2 is 2.44 bits per heavy atom. The van der Waals surface area contributed by atoms with Gasteiger partial charge in [-0.05, 0) is 13.8 Å². The zero-order valence-corrected chi connectivity index (χ0v) is 5.89. The molecule has 0 aliphatic carbocycles. The van der Waals surface area contributed by atoms with Crippen LogP contribution >= 0.6 is 0 Å². The van der Waals surface area contributed by atoms with Crippen LogP contribution in [-0.2, 0) is 0 Å². The van der Waals surface area contributed by atoms with E-state index in [1.54, 1.807) is 6.34 Å². The van der Waals surface area contributed by atoms with E-state index in [1.807, 2.05) is 6.92 Å². The zero-order chi connectivity index (χ0) is 6.85. The minimum atomic E-state index is 0.296. The normalized spacial score (nSPS) is 32.2. The summed E-state index contributed by atoms with van der Waals surface area (Å²) in [5.74, 6) is 0. The Morgan fingerprint density at radius 3 is 2.67 bits per heavy atom. The molecule has 2 atom stereocenters. The van der Waals surface area contributed by atoms with Crippen LogP contribution in [0.15, 0.2) is 17.1 Å².